The molecule has 0 aliphatic rings. The standard InChI is InChI=1S/2C18H15P.2C2H6O.Ag.H3O4P/c2*1-4-10-16(11-5-1)19(17-12-6-2-7-13-17)18-14-8-3-9-15-18;2*1-2-3;;1-5(2,3)4/h2*1-15H;2*3H,2H2,1H3;;(H3,1,2,3,4)/q;;;;+1;/p+1. The maximum Gasteiger partial charge on any atom is 1.00 e. The fourth-order valence-electron chi connectivity index (χ4n) is 4.63. The molecule has 6 nitrogen and oxygen atoms in total. The fraction of sp³-hybridized carbons (Fsp3) is 0.100. The van der Waals surface area contributed by atoms with Crippen molar-refractivity contribution in [3.8, 4) is 0 Å². The molecule has 0 aliphatic heterocycles. The summed E-state index contributed by atoms with van der Waals surface area (Å²) in [7, 11) is -6.64. The van der Waals surface area contributed by atoms with Crippen molar-refractivity contribution in [2.75, 3.05) is 13.2 Å². The Morgan fingerprint density at radius 2 is 0.520 bits per heavy atom. The molecule has 6 rings (SSSR count). The van der Waals surface area contributed by atoms with Crippen molar-refractivity contribution >= 4 is 55.5 Å². The first kappa shape index (κ1) is 45.0. The minimum atomic E-state index is -4.89. The van der Waals surface area contributed by atoms with Gasteiger partial charge in [0.1, 0.15) is 31.8 Å². The zero-order valence-corrected chi connectivity index (χ0v) is 32.5. The third kappa shape index (κ3) is 18.3. The van der Waals surface area contributed by atoms with Crippen molar-refractivity contribution in [2.24, 2.45) is 0 Å². The molecule has 0 saturated carbocycles. The Kier molecular flexibility index (Phi) is 24.0. The van der Waals surface area contributed by atoms with E-state index in [-0.39, 0.29) is 35.6 Å². The van der Waals surface area contributed by atoms with Crippen LogP contribution in [0, 0.1) is 0 Å². The number of rotatable bonds is 6. The van der Waals surface area contributed by atoms with Crippen molar-refractivity contribution in [3.63, 3.8) is 0 Å². The van der Waals surface area contributed by atoms with Crippen molar-refractivity contribution in [1.82, 2.24) is 0 Å². The number of hydrogen-bond donors (Lipinski definition) is 4. The maximum absolute atomic E-state index is 8.77. The SMILES string of the molecule is CCO.CCO.O=P([O-])(O)O.[Ag+].c1ccc([PH+](c2ccccc2)c2ccccc2)cc1.c1ccc([PH+](c2ccccc2)c2ccccc2)cc1. The molecule has 0 aliphatic carbocycles. The van der Waals surface area contributed by atoms with Gasteiger partial charge >= 0.3 is 22.4 Å². The summed E-state index contributed by atoms with van der Waals surface area (Å²) in [5.41, 5.74) is 0. The molecule has 266 valence electrons. The van der Waals surface area contributed by atoms with Gasteiger partial charge in [0.25, 0.3) is 7.82 Å². The normalized spacial score (nSPS) is 9.94. The molecule has 10 heteroatoms. The number of hydrogen-bond acceptors (Lipinski definition) is 4. The number of aliphatic hydroxyl groups is 2. The summed E-state index contributed by atoms with van der Waals surface area (Å²) < 4.78 is 8.77. The van der Waals surface area contributed by atoms with Crippen LogP contribution >= 0.6 is 23.7 Å². The fourth-order valence-corrected chi connectivity index (χ4v) is 9.78. The summed E-state index contributed by atoms with van der Waals surface area (Å²) in [4.78, 5) is 22.9. The van der Waals surface area contributed by atoms with Crippen molar-refractivity contribution in [1.29, 1.82) is 0 Å². The molecule has 0 aromatic heterocycles. The number of phosphoric acid groups is 1. The van der Waals surface area contributed by atoms with Crippen molar-refractivity contribution in [3.05, 3.63) is 182 Å². The van der Waals surface area contributed by atoms with Crippen molar-refractivity contribution in [2.45, 2.75) is 13.8 Å². The maximum atomic E-state index is 8.77. The van der Waals surface area contributed by atoms with Gasteiger partial charge in [0.15, 0.2) is 0 Å². The number of benzene rings is 6. The van der Waals surface area contributed by atoms with Gasteiger partial charge in [-0.1, -0.05) is 109 Å². The monoisotopic (exact) mass is 822 g/mol. The molecule has 6 aromatic rings. The third-order valence-corrected chi connectivity index (χ3v) is 11.8. The zero-order valence-electron chi connectivity index (χ0n) is 28.1. The molecule has 0 saturated heterocycles. The molecule has 0 radical (unpaired) electrons. The average Bonchev–Trinajstić information content (AvgIpc) is 3.12. The smallest absolute Gasteiger partial charge is 0.756 e. The molecule has 0 fully saturated rings. The van der Waals surface area contributed by atoms with E-state index in [2.05, 4.69) is 182 Å². The quantitative estimate of drug-likeness (QED) is 0.142. The molecule has 0 atom stereocenters. The predicted molar refractivity (Wildman–Crippen MR) is 211 cm³/mol. The van der Waals surface area contributed by atoms with Crippen LogP contribution < -0.4 is 36.7 Å². The molecule has 0 unspecified atom stereocenters. The first-order valence-corrected chi connectivity index (χ1v) is 20.3. The summed E-state index contributed by atoms with van der Waals surface area (Å²) in [5.74, 6) is 0. The molecular weight excluding hydrogens is 777 g/mol. The molecular formula is C40H46AgO6P3+2. The Morgan fingerprint density at radius 1 is 0.420 bits per heavy atom. The van der Waals surface area contributed by atoms with E-state index in [0.29, 0.717) is 0 Å². The van der Waals surface area contributed by atoms with Crippen LogP contribution in [0.2, 0.25) is 0 Å². The van der Waals surface area contributed by atoms with Crippen LogP contribution in [0.3, 0.4) is 0 Å². The minimum absolute atomic E-state index is 0. The summed E-state index contributed by atoms with van der Waals surface area (Å²) in [6.07, 6.45) is 0. The van der Waals surface area contributed by atoms with Gasteiger partial charge in [-0.15, -0.1) is 0 Å². The number of aliphatic hydroxyl groups excluding tert-OH is 2. The van der Waals surface area contributed by atoms with E-state index in [4.69, 9.17) is 29.5 Å². The topological polar surface area (TPSA) is 121 Å². The van der Waals surface area contributed by atoms with Gasteiger partial charge < -0.3 is 24.9 Å². The van der Waals surface area contributed by atoms with Crippen molar-refractivity contribution < 1.29 is 51.8 Å². The minimum Gasteiger partial charge on any atom is -0.756 e. The Balaban J connectivity index is 0.000000382. The first-order valence-electron chi connectivity index (χ1n) is 15.8. The molecule has 0 spiro atoms. The second kappa shape index (κ2) is 26.7. The average molecular weight is 824 g/mol. The zero-order chi connectivity index (χ0) is 35.7. The molecule has 4 N–H and O–H groups in total. The third-order valence-electron chi connectivity index (χ3n) is 6.37. The van der Waals surface area contributed by atoms with Gasteiger partial charge in [-0.05, 0) is 86.6 Å². The van der Waals surface area contributed by atoms with E-state index < -0.39 is 23.7 Å². The summed E-state index contributed by atoms with van der Waals surface area (Å²) in [6.45, 7) is 3.86. The Morgan fingerprint density at radius 3 is 0.620 bits per heavy atom. The second-order valence-electron chi connectivity index (χ2n) is 10.1. The van der Waals surface area contributed by atoms with Gasteiger partial charge in [0, 0.05) is 13.2 Å². The van der Waals surface area contributed by atoms with E-state index in [1.54, 1.807) is 13.8 Å². The summed E-state index contributed by atoms with van der Waals surface area (Å²) in [5, 5.41) is 23.7. The van der Waals surface area contributed by atoms with Crippen LogP contribution in [0.25, 0.3) is 0 Å². The Labute approximate surface area is 314 Å². The summed E-state index contributed by atoms with van der Waals surface area (Å²) >= 11 is 0. The molecule has 6 aromatic carbocycles. The van der Waals surface area contributed by atoms with Gasteiger partial charge in [-0.3, -0.25) is 4.57 Å². The van der Waals surface area contributed by atoms with Crippen LogP contribution in [0.4, 0.5) is 0 Å². The van der Waals surface area contributed by atoms with E-state index in [1.807, 2.05) is 0 Å². The first-order chi connectivity index (χ1) is 23.7. The molecule has 50 heavy (non-hydrogen) atoms. The van der Waals surface area contributed by atoms with Crippen LogP contribution in [-0.4, -0.2) is 33.2 Å². The van der Waals surface area contributed by atoms with Gasteiger partial charge in [-0.2, -0.15) is 0 Å². The Bertz CT molecular complexity index is 1380. The Hall–Kier alpha value is -3.05. The van der Waals surface area contributed by atoms with E-state index in [0.717, 1.165) is 0 Å². The van der Waals surface area contributed by atoms with E-state index >= 15 is 0 Å². The van der Waals surface area contributed by atoms with Crippen LogP contribution in [0.5, 0.6) is 0 Å². The van der Waals surface area contributed by atoms with Crippen LogP contribution in [-0.2, 0) is 26.9 Å². The molecule has 0 amide bonds. The molecule has 0 heterocycles. The van der Waals surface area contributed by atoms with Crippen LogP contribution in [0.15, 0.2) is 182 Å². The van der Waals surface area contributed by atoms with E-state index in [9.17, 15) is 0 Å². The van der Waals surface area contributed by atoms with Crippen LogP contribution in [0.1, 0.15) is 13.8 Å². The van der Waals surface area contributed by atoms with E-state index in [1.165, 1.54) is 31.8 Å². The molecule has 0 bridgehead atoms. The second-order valence-corrected chi connectivity index (χ2v) is 16.0. The van der Waals surface area contributed by atoms with Gasteiger partial charge in [0.2, 0.25) is 0 Å². The van der Waals surface area contributed by atoms with Gasteiger partial charge in [0.05, 0.1) is 15.8 Å². The largest absolute Gasteiger partial charge is 1.00 e. The summed E-state index contributed by atoms with van der Waals surface area (Å²) in [6, 6.07) is 65.0. The van der Waals surface area contributed by atoms with Gasteiger partial charge in [-0.25, -0.2) is 0 Å². The predicted octanol–water partition coefficient (Wildman–Crippen LogP) is 4.79.